The number of hydrogen-bond acceptors (Lipinski definition) is 3. The molecular weight excluding hydrogens is 190 g/mol. The first-order valence-electron chi connectivity index (χ1n) is 4.69. The van der Waals surface area contributed by atoms with Crippen LogP contribution in [0.2, 0.25) is 0 Å². The Morgan fingerprint density at radius 2 is 2.33 bits per heavy atom. The number of amides is 1. The summed E-state index contributed by atoms with van der Waals surface area (Å²) in [6.07, 6.45) is 3.59. The van der Waals surface area contributed by atoms with Gasteiger partial charge in [0.15, 0.2) is 0 Å². The number of pyridine rings is 1. The van der Waals surface area contributed by atoms with E-state index in [1.165, 1.54) is 11.1 Å². The Bertz CT molecular complexity index is 395. The predicted molar refractivity (Wildman–Crippen MR) is 56.2 cm³/mol. The second-order valence-corrected chi connectivity index (χ2v) is 3.39. The zero-order chi connectivity index (χ0) is 11.3. The van der Waals surface area contributed by atoms with Gasteiger partial charge in [-0.1, -0.05) is 0 Å². The van der Waals surface area contributed by atoms with Crippen LogP contribution in [0.1, 0.15) is 22.3 Å². The zero-order valence-electron chi connectivity index (χ0n) is 8.90. The van der Waals surface area contributed by atoms with Gasteiger partial charge in [0.1, 0.15) is 0 Å². The molecular formula is C11H13N3O. The molecule has 15 heavy (non-hydrogen) atoms. The van der Waals surface area contributed by atoms with E-state index >= 15 is 0 Å². The summed E-state index contributed by atoms with van der Waals surface area (Å²) in [5.74, 6) is -0.0959. The maximum Gasteiger partial charge on any atom is 0.255 e. The number of carbonyl (C=O) groups excluding carboxylic acids is 1. The van der Waals surface area contributed by atoms with Gasteiger partial charge in [-0.3, -0.25) is 9.78 Å². The Balaban J connectivity index is 2.72. The smallest absolute Gasteiger partial charge is 0.255 e. The molecule has 1 heterocycles. The first-order valence-corrected chi connectivity index (χ1v) is 4.69. The van der Waals surface area contributed by atoms with Crippen LogP contribution in [0.3, 0.4) is 0 Å². The average Bonchev–Trinajstić information content (AvgIpc) is 2.24. The molecule has 1 aromatic heterocycles. The van der Waals surface area contributed by atoms with Crippen LogP contribution in [-0.2, 0) is 0 Å². The number of nitriles is 1. The third kappa shape index (κ3) is 3.06. The molecule has 0 saturated carbocycles. The van der Waals surface area contributed by atoms with Crippen LogP contribution < -0.4 is 0 Å². The van der Waals surface area contributed by atoms with Crippen LogP contribution in [0.5, 0.6) is 0 Å². The lowest BCUT2D eigenvalue weighted by molar-refractivity contribution is 0.0797. The minimum Gasteiger partial charge on any atom is -0.341 e. The Labute approximate surface area is 89.2 Å². The van der Waals surface area contributed by atoms with Crippen LogP contribution in [0.4, 0.5) is 0 Å². The van der Waals surface area contributed by atoms with Crippen LogP contribution in [0, 0.1) is 18.3 Å². The van der Waals surface area contributed by atoms with E-state index in [-0.39, 0.29) is 5.91 Å². The monoisotopic (exact) mass is 203 g/mol. The van der Waals surface area contributed by atoms with Crippen molar-refractivity contribution in [3.63, 3.8) is 0 Å². The maximum absolute atomic E-state index is 11.8. The summed E-state index contributed by atoms with van der Waals surface area (Å²) in [7, 11) is 1.68. The zero-order valence-corrected chi connectivity index (χ0v) is 8.90. The minimum absolute atomic E-state index is 0.0959. The normalized spacial score (nSPS) is 9.40. The summed E-state index contributed by atoms with van der Waals surface area (Å²) in [6.45, 7) is 2.34. The van der Waals surface area contributed by atoms with Crippen molar-refractivity contribution in [2.75, 3.05) is 13.6 Å². The fraction of sp³-hybridized carbons (Fsp3) is 0.364. The molecule has 0 spiro atoms. The molecule has 0 saturated heterocycles. The SMILES string of the molecule is Cc1cncc(C(=O)N(C)CCC#N)c1. The molecule has 0 fully saturated rings. The van der Waals surface area contributed by atoms with Crippen molar-refractivity contribution in [1.82, 2.24) is 9.88 Å². The molecule has 0 aliphatic rings. The fourth-order valence-corrected chi connectivity index (χ4v) is 1.21. The van der Waals surface area contributed by atoms with E-state index in [0.29, 0.717) is 18.5 Å². The van der Waals surface area contributed by atoms with E-state index in [2.05, 4.69) is 4.98 Å². The lowest BCUT2D eigenvalue weighted by atomic mass is 10.2. The molecule has 0 radical (unpaired) electrons. The average molecular weight is 203 g/mol. The number of nitrogens with zero attached hydrogens (tertiary/aromatic N) is 3. The number of aryl methyl sites for hydroxylation is 1. The second-order valence-electron chi connectivity index (χ2n) is 3.39. The lowest BCUT2D eigenvalue weighted by Gasteiger charge is -2.15. The largest absolute Gasteiger partial charge is 0.341 e. The van der Waals surface area contributed by atoms with Gasteiger partial charge in [-0.15, -0.1) is 0 Å². The van der Waals surface area contributed by atoms with Gasteiger partial charge >= 0.3 is 0 Å². The molecule has 0 atom stereocenters. The minimum atomic E-state index is -0.0959. The Morgan fingerprint density at radius 1 is 1.60 bits per heavy atom. The van der Waals surface area contributed by atoms with E-state index in [1.807, 2.05) is 13.0 Å². The van der Waals surface area contributed by atoms with Crippen LogP contribution in [0.25, 0.3) is 0 Å². The molecule has 78 valence electrons. The summed E-state index contributed by atoms with van der Waals surface area (Å²) in [5.41, 5.74) is 1.52. The number of rotatable bonds is 3. The van der Waals surface area contributed by atoms with Gasteiger partial charge in [0.2, 0.25) is 0 Å². The Morgan fingerprint density at radius 3 is 2.93 bits per heavy atom. The molecule has 1 amide bonds. The number of carbonyl (C=O) groups is 1. The highest BCUT2D eigenvalue weighted by atomic mass is 16.2. The van der Waals surface area contributed by atoms with Crippen molar-refractivity contribution in [1.29, 1.82) is 5.26 Å². The van der Waals surface area contributed by atoms with Crippen molar-refractivity contribution >= 4 is 5.91 Å². The summed E-state index contributed by atoms with van der Waals surface area (Å²) >= 11 is 0. The molecule has 0 aliphatic heterocycles. The molecule has 0 bridgehead atoms. The van der Waals surface area contributed by atoms with E-state index in [9.17, 15) is 4.79 Å². The van der Waals surface area contributed by atoms with Crippen molar-refractivity contribution in [3.05, 3.63) is 29.6 Å². The molecule has 0 unspecified atom stereocenters. The van der Waals surface area contributed by atoms with E-state index < -0.39 is 0 Å². The standard InChI is InChI=1S/C11H13N3O/c1-9-6-10(8-13-7-9)11(15)14(2)5-3-4-12/h6-8H,3,5H2,1-2H3. The highest BCUT2D eigenvalue weighted by Gasteiger charge is 2.11. The van der Waals surface area contributed by atoms with Crippen LogP contribution in [0.15, 0.2) is 18.5 Å². The first kappa shape index (κ1) is 11.2. The van der Waals surface area contributed by atoms with Gasteiger partial charge in [0, 0.05) is 26.0 Å². The lowest BCUT2D eigenvalue weighted by Crippen LogP contribution is -2.27. The summed E-state index contributed by atoms with van der Waals surface area (Å²) in [5, 5.41) is 8.41. The van der Waals surface area contributed by atoms with Crippen molar-refractivity contribution in [2.24, 2.45) is 0 Å². The maximum atomic E-state index is 11.8. The molecule has 4 heteroatoms. The fourth-order valence-electron chi connectivity index (χ4n) is 1.21. The second kappa shape index (κ2) is 5.11. The van der Waals surface area contributed by atoms with Gasteiger partial charge < -0.3 is 4.90 Å². The van der Waals surface area contributed by atoms with E-state index in [1.54, 1.807) is 19.3 Å². The number of aromatic nitrogens is 1. The third-order valence-corrected chi connectivity index (χ3v) is 2.03. The summed E-state index contributed by atoms with van der Waals surface area (Å²) in [4.78, 5) is 17.3. The van der Waals surface area contributed by atoms with E-state index in [4.69, 9.17) is 5.26 Å². The van der Waals surface area contributed by atoms with Crippen LogP contribution >= 0.6 is 0 Å². The quantitative estimate of drug-likeness (QED) is 0.745. The first-order chi connectivity index (χ1) is 7.15. The molecule has 1 rings (SSSR count). The predicted octanol–water partition coefficient (Wildman–Crippen LogP) is 1.38. The van der Waals surface area contributed by atoms with Crippen molar-refractivity contribution in [3.8, 4) is 6.07 Å². The van der Waals surface area contributed by atoms with Crippen LogP contribution in [-0.4, -0.2) is 29.4 Å². The number of hydrogen-bond donors (Lipinski definition) is 0. The van der Waals surface area contributed by atoms with Gasteiger partial charge in [-0.25, -0.2) is 0 Å². The van der Waals surface area contributed by atoms with Gasteiger partial charge in [0.25, 0.3) is 5.91 Å². The molecule has 0 N–H and O–H groups in total. The van der Waals surface area contributed by atoms with Gasteiger partial charge in [0.05, 0.1) is 18.1 Å². The Hall–Kier alpha value is -1.89. The van der Waals surface area contributed by atoms with E-state index in [0.717, 1.165) is 5.56 Å². The van der Waals surface area contributed by atoms with Crippen molar-refractivity contribution in [2.45, 2.75) is 13.3 Å². The molecule has 1 aromatic rings. The summed E-state index contributed by atoms with van der Waals surface area (Å²) < 4.78 is 0. The highest BCUT2D eigenvalue weighted by molar-refractivity contribution is 5.93. The third-order valence-electron chi connectivity index (χ3n) is 2.03. The molecule has 4 nitrogen and oxygen atoms in total. The topological polar surface area (TPSA) is 57.0 Å². The van der Waals surface area contributed by atoms with Gasteiger partial charge in [-0.2, -0.15) is 5.26 Å². The highest BCUT2D eigenvalue weighted by Crippen LogP contribution is 2.04. The Kier molecular flexibility index (Phi) is 3.81. The molecule has 0 aliphatic carbocycles. The van der Waals surface area contributed by atoms with Crippen molar-refractivity contribution < 1.29 is 4.79 Å². The molecule has 0 aromatic carbocycles. The van der Waals surface area contributed by atoms with Gasteiger partial charge in [-0.05, 0) is 18.6 Å². The summed E-state index contributed by atoms with van der Waals surface area (Å²) in [6, 6.07) is 3.80.